The average Bonchev–Trinajstić information content (AvgIpc) is 3.15. The zero-order chi connectivity index (χ0) is 15.5. The van der Waals surface area contributed by atoms with Crippen LogP contribution < -0.4 is 0 Å². The Labute approximate surface area is 130 Å². The highest BCUT2D eigenvalue weighted by Crippen LogP contribution is 2.24. The molecule has 0 N–H and O–H groups in total. The fourth-order valence-corrected chi connectivity index (χ4v) is 2.72. The van der Waals surface area contributed by atoms with Gasteiger partial charge in [0.15, 0.2) is 0 Å². The van der Waals surface area contributed by atoms with Gasteiger partial charge in [-0.05, 0) is 48.5 Å². The zero-order valence-corrected chi connectivity index (χ0v) is 12.9. The number of nitrogens with zero attached hydrogens (tertiary/aromatic N) is 5. The molecule has 0 aliphatic heterocycles. The van der Waals surface area contributed by atoms with E-state index in [1.54, 1.807) is 23.1 Å². The lowest BCUT2D eigenvalue weighted by Gasteiger charge is -2.05. The third-order valence-corrected chi connectivity index (χ3v) is 3.91. The first-order valence-corrected chi connectivity index (χ1v) is 7.73. The molecule has 2 heterocycles. The maximum absolute atomic E-state index is 12.9. The highest BCUT2D eigenvalue weighted by atomic mass is 32.2. The van der Waals surface area contributed by atoms with Crippen LogP contribution in [0.25, 0.3) is 11.5 Å². The number of oxazole rings is 1. The van der Waals surface area contributed by atoms with Gasteiger partial charge in [0.05, 0.1) is 11.7 Å². The third-order valence-electron chi connectivity index (χ3n) is 2.94. The number of tetrazole rings is 1. The molecule has 2 aromatic heterocycles. The average molecular weight is 319 g/mol. The smallest absolute Gasteiger partial charge is 0.226 e. The number of aromatic nitrogens is 5. The Hall–Kier alpha value is -2.22. The summed E-state index contributed by atoms with van der Waals surface area (Å²) >= 11 is 1.49. The molecule has 3 aromatic rings. The maximum atomic E-state index is 12.9. The lowest BCUT2D eigenvalue weighted by atomic mass is 10.2. The SMILES string of the molecule is CC(C)n1nnnc1SCc1coc(-c2ccc(F)cc2)n1. The molecule has 0 bridgehead atoms. The van der Waals surface area contributed by atoms with Crippen molar-refractivity contribution in [2.24, 2.45) is 0 Å². The number of halogens is 1. The Morgan fingerprint density at radius 1 is 1.27 bits per heavy atom. The van der Waals surface area contributed by atoms with E-state index in [0.29, 0.717) is 11.6 Å². The highest BCUT2D eigenvalue weighted by molar-refractivity contribution is 7.98. The molecular weight excluding hydrogens is 305 g/mol. The summed E-state index contributed by atoms with van der Waals surface area (Å²) in [4.78, 5) is 4.40. The van der Waals surface area contributed by atoms with Crippen LogP contribution in [0.2, 0.25) is 0 Å². The maximum Gasteiger partial charge on any atom is 0.226 e. The molecule has 0 saturated heterocycles. The Morgan fingerprint density at radius 3 is 2.77 bits per heavy atom. The van der Waals surface area contributed by atoms with Crippen molar-refractivity contribution in [3.63, 3.8) is 0 Å². The molecule has 0 amide bonds. The van der Waals surface area contributed by atoms with Gasteiger partial charge in [0, 0.05) is 11.3 Å². The summed E-state index contributed by atoms with van der Waals surface area (Å²) in [5, 5.41) is 12.4. The molecule has 0 aliphatic carbocycles. The summed E-state index contributed by atoms with van der Waals surface area (Å²) in [6, 6.07) is 6.23. The van der Waals surface area contributed by atoms with Gasteiger partial charge in [-0.25, -0.2) is 14.1 Å². The summed E-state index contributed by atoms with van der Waals surface area (Å²) in [5.74, 6) is 0.781. The molecule has 114 valence electrons. The van der Waals surface area contributed by atoms with E-state index in [-0.39, 0.29) is 11.9 Å². The van der Waals surface area contributed by atoms with Gasteiger partial charge in [-0.15, -0.1) is 5.10 Å². The molecule has 0 aliphatic rings. The number of benzene rings is 1. The molecule has 0 atom stereocenters. The first kappa shape index (κ1) is 14.7. The topological polar surface area (TPSA) is 69.6 Å². The van der Waals surface area contributed by atoms with E-state index >= 15 is 0 Å². The molecule has 0 spiro atoms. The van der Waals surface area contributed by atoms with Crippen molar-refractivity contribution in [3.05, 3.63) is 42.0 Å². The second-order valence-corrected chi connectivity index (χ2v) is 5.88. The number of thioether (sulfide) groups is 1. The summed E-state index contributed by atoms with van der Waals surface area (Å²) in [6.45, 7) is 4.03. The van der Waals surface area contributed by atoms with Crippen LogP contribution in [0.4, 0.5) is 4.39 Å². The van der Waals surface area contributed by atoms with Gasteiger partial charge in [-0.1, -0.05) is 11.8 Å². The van der Waals surface area contributed by atoms with Crippen molar-refractivity contribution in [1.29, 1.82) is 0 Å². The van der Waals surface area contributed by atoms with Crippen LogP contribution in [-0.4, -0.2) is 25.2 Å². The van der Waals surface area contributed by atoms with Gasteiger partial charge in [0.2, 0.25) is 11.0 Å². The van der Waals surface area contributed by atoms with E-state index < -0.39 is 0 Å². The Balaban J connectivity index is 1.69. The molecule has 0 fully saturated rings. The van der Waals surface area contributed by atoms with Crippen LogP contribution >= 0.6 is 11.8 Å². The summed E-state index contributed by atoms with van der Waals surface area (Å²) in [7, 11) is 0. The largest absolute Gasteiger partial charge is 0.444 e. The minimum absolute atomic E-state index is 0.199. The van der Waals surface area contributed by atoms with Gasteiger partial charge in [0.25, 0.3) is 0 Å². The standard InChI is InChI=1S/C14H14FN5OS/c1-9(2)20-14(17-18-19-20)22-8-12-7-21-13(16-12)10-3-5-11(15)6-4-10/h3-7,9H,8H2,1-2H3. The second kappa shape index (κ2) is 6.27. The van der Waals surface area contributed by atoms with Gasteiger partial charge < -0.3 is 4.42 Å². The van der Waals surface area contributed by atoms with Crippen LogP contribution in [0, 0.1) is 5.82 Å². The molecule has 3 rings (SSSR count). The van der Waals surface area contributed by atoms with E-state index in [1.807, 2.05) is 13.8 Å². The fraction of sp³-hybridized carbons (Fsp3) is 0.286. The molecule has 8 heteroatoms. The lowest BCUT2D eigenvalue weighted by molar-refractivity contribution is 0.477. The first-order chi connectivity index (χ1) is 10.6. The predicted octanol–water partition coefficient (Wildman–Crippen LogP) is 3.34. The molecular formula is C14H14FN5OS. The van der Waals surface area contributed by atoms with Crippen LogP contribution in [0.1, 0.15) is 25.6 Å². The van der Waals surface area contributed by atoms with Gasteiger partial charge >= 0.3 is 0 Å². The van der Waals surface area contributed by atoms with E-state index in [2.05, 4.69) is 20.5 Å². The fourth-order valence-electron chi connectivity index (χ4n) is 1.84. The molecule has 6 nitrogen and oxygen atoms in total. The van der Waals surface area contributed by atoms with Gasteiger partial charge in [-0.3, -0.25) is 0 Å². The van der Waals surface area contributed by atoms with Crippen LogP contribution in [0.5, 0.6) is 0 Å². The van der Waals surface area contributed by atoms with Crippen LogP contribution in [0.15, 0.2) is 40.1 Å². The molecule has 0 unspecified atom stereocenters. The van der Waals surface area contributed by atoms with Gasteiger partial charge in [-0.2, -0.15) is 0 Å². The van der Waals surface area contributed by atoms with E-state index in [4.69, 9.17) is 4.42 Å². The minimum Gasteiger partial charge on any atom is -0.444 e. The number of rotatable bonds is 5. The van der Waals surface area contributed by atoms with Gasteiger partial charge in [0.1, 0.15) is 12.1 Å². The summed E-state index contributed by atoms with van der Waals surface area (Å²) < 4.78 is 20.1. The van der Waals surface area contributed by atoms with Crippen molar-refractivity contribution >= 4 is 11.8 Å². The van der Waals surface area contributed by atoms with E-state index in [9.17, 15) is 4.39 Å². The Bertz CT molecular complexity index is 753. The van der Waals surface area contributed by atoms with E-state index in [0.717, 1.165) is 16.4 Å². The molecule has 0 saturated carbocycles. The first-order valence-electron chi connectivity index (χ1n) is 6.74. The Kier molecular flexibility index (Phi) is 4.19. The van der Waals surface area contributed by atoms with Crippen molar-refractivity contribution < 1.29 is 8.81 Å². The monoisotopic (exact) mass is 319 g/mol. The van der Waals surface area contributed by atoms with Crippen molar-refractivity contribution in [2.45, 2.75) is 30.8 Å². The summed E-state index contributed by atoms with van der Waals surface area (Å²) in [6.07, 6.45) is 1.59. The molecule has 0 radical (unpaired) electrons. The van der Waals surface area contributed by atoms with Crippen LogP contribution in [-0.2, 0) is 5.75 Å². The second-order valence-electron chi connectivity index (χ2n) is 4.94. The highest BCUT2D eigenvalue weighted by Gasteiger charge is 2.12. The van der Waals surface area contributed by atoms with Crippen molar-refractivity contribution in [1.82, 2.24) is 25.2 Å². The zero-order valence-electron chi connectivity index (χ0n) is 12.1. The van der Waals surface area contributed by atoms with E-state index in [1.165, 1.54) is 23.9 Å². The lowest BCUT2D eigenvalue weighted by Crippen LogP contribution is -2.04. The third kappa shape index (κ3) is 3.16. The normalized spacial score (nSPS) is 11.3. The minimum atomic E-state index is -0.286. The number of hydrogen-bond donors (Lipinski definition) is 0. The number of hydrogen-bond acceptors (Lipinski definition) is 6. The quantitative estimate of drug-likeness (QED) is 0.672. The molecule has 22 heavy (non-hydrogen) atoms. The molecule has 1 aromatic carbocycles. The van der Waals surface area contributed by atoms with Crippen molar-refractivity contribution in [2.75, 3.05) is 0 Å². The van der Waals surface area contributed by atoms with Crippen molar-refractivity contribution in [3.8, 4) is 11.5 Å². The predicted molar refractivity (Wildman–Crippen MR) is 79.7 cm³/mol. The van der Waals surface area contributed by atoms with Crippen LogP contribution in [0.3, 0.4) is 0 Å². The Morgan fingerprint density at radius 2 is 2.05 bits per heavy atom. The summed E-state index contributed by atoms with van der Waals surface area (Å²) in [5.41, 5.74) is 1.52.